The fraction of sp³-hybridized carbons (Fsp3) is 0.846. The number of rotatable bonds is 4. The first-order chi connectivity index (χ1) is 9.61. The van der Waals surface area contributed by atoms with Crippen LogP contribution in [0.15, 0.2) is 4.99 Å². The molecule has 2 aliphatic heterocycles. The summed E-state index contributed by atoms with van der Waals surface area (Å²) in [7, 11) is 0. The Morgan fingerprint density at radius 2 is 2.50 bits per heavy atom. The van der Waals surface area contributed by atoms with Crippen LogP contribution in [-0.4, -0.2) is 59.8 Å². The molecule has 2 heterocycles. The second-order valence-corrected chi connectivity index (χ2v) is 6.51. The summed E-state index contributed by atoms with van der Waals surface area (Å²) in [6.07, 6.45) is 2.17. The van der Waals surface area contributed by atoms with Crippen molar-refractivity contribution in [3.8, 4) is 0 Å². The zero-order chi connectivity index (χ0) is 14.4. The molecular formula is C13H24N4O2S. The van der Waals surface area contributed by atoms with Gasteiger partial charge in [0.2, 0.25) is 5.91 Å². The number of hydrogen-bond acceptors (Lipinski definition) is 4. The molecular weight excluding hydrogens is 276 g/mol. The normalized spacial score (nSPS) is 31.0. The SMILES string of the molecule is CCNC(=NCC1(O)CCSC1)NC1CCC(=O)NC1. The number of nitrogens with one attached hydrogen (secondary N) is 3. The summed E-state index contributed by atoms with van der Waals surface area (Å²) in [4.78, 5) is 15.6. The second kappa shape index (κ2) is 7.17. The lowest BCUT2D eigenvalue weighted by atomic mass is 10.0. The molecule has 2 fully saturated rings. The summed E-state index contributed by atoms with van der Waals surface area (Å²) < 4.78 is 0. The minimum Gasteiger partial charge on any atom is -0.387 e. The third-order valence-corrected chi connectivity index (χ3v) is 4.80. The standard InChI is InChI=1S/C13H24N4O2S/c1-2-14-12(16-8-13(19)5-6-20-9-13)17-10-3-4-11(18)15-7-10/h10,19H,2-9H2,1H3,(H,15,18)(H2,14,16,17). The van der Waals surface area contributed by atoms with Crippen LogP contribution >= 0.6 is 11.8 Å². The van der Waals surface area contributed by atoms with E-state index in [4.69, 9.17) is 0 Å². The van der Waals surface area contributed by atoms with Crippen LogP contribution in [0.5, 0.6) is 0 Å². The van der Waals surface area contributed by atoms with E-state index >= 15 is 0 Å². The van der Waals surface area contributed by atoms with Crippen molar-refractivity contribution in [2.75, 3.05) is 31.1 Å². The molecule has 0 saturated carbocycles. The van der Waals surface area contributed by atoms with Gasteiger partial charge < -0.3 is 21.1 Å². The highest BCUT2D eigenvalue weighted by Gasteiger charge is 2.31. The zero-order valence-corrected chi connectivity index (χ0v) is 12.8. The van der Waals surface area contributed by atoms with Crippen molar-refractivity contribution in [1.82, 2.24) is 16.0 Å². The number of aliphatic hydroxyl groups is 1. The Balaban J connectivity index is 1.87. The second-order valence-electron chi connectivity index (χ2n) is 5.41. The Morgan fingerprint density at radius 1 is 1.65 bits per heavy atom. The van der Waals surface area contributed by atoms with Crippen LogP contribution in [0.25, 0.3) is 0 Å². The van der Waals surface area contributed by atoms with Gasteiger partial charge in [0.05, 0.1) is 12.1 Å². The molecule has 7 heteroatoms. The van der Waals surface area contributed by atoms with Crippen molar-refractivity contribution in [2.24, 2.45) is 4.99 Å². The van der Waals surface area contributed by atoms with Crippen LogP contribution in [0.3, 0.4) is 0 Å². The van der Waals surface area contributed by atoms with Crippen LogP contribution in [0.2, 0.25) is 0 Å². The van der Waals surface area contributed by atoms with Crippen molar-refractivity contribution in [3.05, 3.63) is 0 Å². The lowest BCUT2D eigenvalue weighted by molar-refractivity contribution is -0.122. The summed E-state index contributed by atoms with van der Waals surface area (Å²) in [5.41, 5.74) is -0.659. The monoisotopic (exact) mass is 300 g/mol. The van der Waals surface area contributed by atoms with Gasteiger partial charge in [-0.25, -0.2) is 0 Å². The minimum absolute atomic E-state index is 0.113. The predicted octanol–water partition coefficient (Wildman–Crippen LogP) is -0.312. The highest BCUT2D eigenvalue weighted by molar-refractivity contribution is 7.99. The topological polar surface area (TPSA) is 85.8 Å². The smallest absolute Gasteiger partial charge is 0.220 e. The van der Waals surface area contributed by atoms with Crippen molar-refractivity contribution in [1.29, 1.82) is 0 Å². The van der Waals surface area contributed by atoms with Gasteiger partial charge in [-0.15, -0.1) is 0 Å². The summed E-state index contributed by atoms with van der Waals surface area (Å²) in [6, 6.07) is 0.207. The van der Waals surface area contributed by atoms with Crippen molar-refractivity contribution in [3.63, 3.8) is 0 Å². The maximum atomic E-state index is 11.1. The molecule has 114 valence electrons. The van der Waals surface area contributed by atoms with Crippen molar-refractivity contribution >= 4 is 23.6 Å². The fourth-order valence-electron chi connectivity index (χ4n) is 2.32. The fourth-order valence-corrected chi connectivity index (χ4v) is 3.60. The van der Waals surface area contributed by atoms with Gasteiger partial charge in [-0.2, -0.15) is 11.8 Å². The number of aliphatic imine (C=N–C) groups is 1. The molecule has 20 heavy (non-hydrogen) atoms. The number of thioether (sulfide) groups is 1. The summed E-state index contributed by atoms with van der Waals surface area (Å²) in [5, 5.41) is 19.7. The first-order valence-electron chi connectivity index (χ1n) is 7.23. The molecule has 6 nitrogen and oxygen atoms in total. The van der Waals surface area contributed by atoms with Crippen LogP contribution in [-0.2, 0) is 4.79 Å². The van der Waals surface area contributed by atoms with Crippen LogP contribution in [0, 0.1) is 0 Å². The van der Waals surface area contributed by atoms with Gasteiger partial charge in [0, 0.05) is 31.3 Å². The van der Waals surface area contributed by atoms with Crippen LogP contribution < -0.4 is 16.0 Å². The highest BCUT2D eigenvalue weighted by Crippen LogP contribution is 2.27. The van der Waals surface area contributed by atoms with E-state index in [-0.39, 0.29) is 11.9 Å². The average molecular weight is 300 g/mol. The molecule has 0 aromatic heterocycles. The Morgan fingerprint density at radius 3 is 3.10 bits per heavy atom. The molecule has 2 atom stereocenters. The number of nitrogens with zero attached hydrogens (tertiary/aromatic N) is 1. The molecule has 2 rings (SSSR count). The molecule has 2 aliphatic rings. The van der Waals surface area contributed by atoms with E-state index in [9.17, 15) is 9.90 Å². The summed E-state index contributed by atoms with van der Waals surface area (Å²) in [5.74, 6) is 2.60. The lowest BCUT2D eigenvalue weighted by Gasteiger charge is -2.26. The Bertz CT molecular complexity index is 359. The molecule has 2 unspecified atom stereocenters. The summed E-state index contributed by atoms with van der Waals surface area (Å²) >= 11 is 1.77. The Labute approximate surface area is 124 Å². The molecule has 0 spiro atoms. The molecule has 0 aromatic rings. The van der Waals surface area contributed by atoms with E-state index in [0.29, 0.717) is 19.5 Å². The number of amides is 1. The Hall–Kier alpha value is -0.950. The maximum absolute atomic E-state index is 11.1. The predicted molar refractivity (Wildman–Crippen MR) is 82.0 cm³/mol. The minimum atomic E-state index is -0.659. The van der Waals surface area contributed by atoms with Crippen molar-refractivity contribution < 1.29 is 9.90 Å². The molecule has 0 aromatic carbocycles. The van der Waals surface area contributed by atoms with E-state index in [1.165, 1.54) is 0 Å². The lowest BCUT2D eigenvalue weighted by Crippen LogP contribution is -2.51. The number of carbonyl (C=O) groups excluding carboxylic acids is 1. The largest absolute Gasteiger partial charge is 0.387 e. The van der Waals surface area contributed by atoms with E-state index in [0.717, 1.165) is 36.9 Å². The molecule has 0 bridgehead atoms. The zero-order valence-electron chi connectivity index (χ0n) is 11.9. The van der Waals surface area contributed by atoms with Gasteiger partial charge in [0.1, 0.15) is 0 Å². The molecule has 0 aliphatic carbocycles. The van der Waals surface area contributed by atoms with E-state index in [1.54, 1.807) is 11.8 Å². The highest BCUT2D eigenvalue weighted by atomic mass is 32.2. The third-order valence-electron chi connectivity index (χ3n) is 3.56. The average Bonchev–Trinajstić information content (AvgIpc) is 2.86. The van der Waals surface area contributed by atoms with Gasteiger partial charge in [-0.05, 0) is 25.5 Å². The number of guanidine groups is 1. The molecule has 1 amide bonds. The van der Waals surface area contributed by atoms with E-state index < -0.39 is 5.60 Å². The third kappa shape index (κ3) is 4.56. The number of hydrogen-bond donors (Lipinski definition) is 4. The van der Waals surface area contributed by atoms with Gasteiger partial charge in [0.15, 0.2) is 5.96 Å². The maximum Gasteiger partial charge on any atom is 0.220 e. The number of piperidine rings is 1. The summed E-state index contributed by atoms with van der Waals surface area (Å²) in [6.45, 7) is 3.84. The van der Waals surface area contributed by atoms with Crippen LogP contribution in [0.1, 0.15) is 26.2 Å². The first-order valence-corrected chi connectivity index (χ1v) is 8.38. The molecule has 2 saturated heterocycles. The van der Waals surface area contributed by atoms with Gasteiger partial charge in [-0.3, -0.25) is 9.79 Å². The van der Waals surface area contributed by atoms with E-state index in [2.05, 4.69) is 20.9 Å². The first kappa shape index (κ1) is 15.4. The number of carbonyl (C=O) groups is 1. The molecule has 4 N–H and O–H groups in total. The van der Waals surface area contributed by atoms with Gasteiger partial charge >= 0.3 is 0 Å². The van der Waals surface area contributed by atoms with Crippen molar-refractivity contribution in [2.45, 2.75) is 37.8 Å². The van der Waals surface area contributed by atoms with Gasteiger partial charge in [-0.1, -0.05) is 0 Å². The van der Waals surface area contributed by atoms with Gasteiger partial charge in [0.25, 0.3) is 0 Å². The van der Waals surface area contributed by atoms with E-state index in [1.807, 2.05) is 6.92 Å². The Kier molecular flexibility index (Phi) is 5.54. The van der Waals surface area contributed by atoms with Crippen LogP contribution in [0.4, 0.5) is 0 Å². The quantitative estimate of drug-likeness (QED) is 0.423. The molecule has 0 radical (unpaired) electrons.